The van der Waals surface area contributed by atoms with Gasteiger partial charge in [0.15, 0.2) is 0 Å². The maximum Gasteiger partial charge on any atom is 0.268 e. The molecule has 0 saturated carbocycles. The summed E-state index contributed by atoms with van der Waals surface area (Å²) in [4.78, 5) is 27.6. The molecule has 2 aromatic rings. The van der Waals surface area contributed by atoms with Gasteiger partial charge in [0.25, 0.3) is 11.8 Å². The number of amides is 2. The third-order valence-electron chi connectivity index (χ3n) is 4.25. The molecule has 146 valence electrons. The average Bonchev–Trinajstić information content (AvgIpc) is 2.92. The first-order chi connectivity index (χ1) is 13.5. The molecule has 3 rings (SSSR count). The van der Waals surface area contributed by atoms with Crippen molar-refractivity contribution in [3.05, 3.63) is 76.4 Å². The van der Waals surface area contributed by atoms with Gasteiger partial charge in [-0.25, -0.2) is 4.39 Å². The molecule has 2 aromatic carbocycles. The van der Waals surface area contributed by atoms with Crippen LogP contribution >= 0.6 is 11.8 Å². The van der Waals surface area contributed by atoms with Crippen LogP contribution in [0.4, 0.5) is 4.39 Å². The van der Waals surface area contributed by atoms with E-state index in [0.29, 0.717) is 21.8 Å². The second-order valence-corrected chi connectivity index (χ2v) is 7.65. The minimum Gasteiger partial charge on any atom is -0.377 e. The highest BCUT2D eigenvalue weighted by atomic mass is 32.2. The summed E-state index contributed by atoms with van der Waals surface area (Å²) in [5.74, 6) is -0.505. The molecule has 6 heteroatoms. The molecule has 0 aliphatic carbocycles. The van der Waals surface area contributed by atoms with Crippen molar-refractivity contribution in [3.63, 3.8) is 0 Å². The molecule has 0 bridgehead atoms. The summed E-state index contributed by atoms with van der Waals surface area (Å²) in [6, 6.07) is 15.4. The van der Waals surface area contributed by atoms with Crippen molar-refractivity contribution < 1.29 is 18.7 Å². The van der Waals surface area contributed by atoms with Gasteiger partial charge in [-0.15, -0.1) is 11.8 Å². The van der Waals surface area contributed by atoms with E-state index in [4.69, 9.17) is 4.74 Å². The molecule has 28 heavy (non-hydrogen) atoms. The van der Waals surface area contributed by atoms with Crippen molar-refractivity contribution >= 4 is 29.1 Å². The van der Waals surface area contributed by atoms with Crippen LogP contribution in [0.25, 0.3) is 5.57 Å². The molecule has 2 amide bonds. The molecule has 1 aliphatic heterocycles. The summed E-state index contributed by atoms with van der Waals surface area (Å²) in [5.41, 5.74) is 1.93. The molecule has 0 unspecified atom stereocenters. The number of nitrogens with zero attached hydrogens (tertiary/aromatic N) is 1. The van der Waals surface area contributed by atoms with E-state index in [1.807, 2.05) is 44.2 Å². The van der Waals surface area contributed by atoms with Crippen LogP contribution in [-0.2, 0) is 20.1 Å². The minimum absolute atomic E-state index is 0.0178. The van der Waals surface area contributed by atoms with Crippen LogP contribution in [0.3, 0.4) is 0 Å². The highest BCUT2D eigenvalue weighted by molar-refractivity contribution is 8.03. The average molecular weight is 399 g/mol. The number of benzene rings is 2. The number of hydrogen-bond donors (Lipinski definition) is 0. The van der Waals surface area contributed by atoms with Gasteiger partial charge in [0.1, 0.15) is 5.82 Å². The quantitative estimate of drug-likeness (QED) is 0.622. The highest BCUT2D eigenvalue weighted by Crippen LogP contribution is 2.37. The number of ether oxygens (including phenoxy) is 1. The van der Waals surface area contributed by atoms with Crippen molar-refractivity contribution in [2.24, 2.45) is 0 Å². The maximum absolute atomic E-state index is 13.3. The van der Waals surface area contributed by atoms with Gasteiger partial charge in [0.05, 0.1) is 29.7 Å². The number of rotatable bonds is 8. The number of carbonyl (C=O) groups excluding carboxylic acids is 2. The van der Waals surface area contributed by atoms with Crippen LogP contribution in [0.2, 0.25) is 0 Å². The monoisotopic (exact) mass is 399 g/mol. The van der Waals surface area contributed by atoms with Crippen LogP contribution in [-0.4, -0.2) is 36.0 Å². The van der Waals surface area contributed by atoms with Crippen molar-refractivity contribution in [1.82, 2.24) is 4.90 Å². The maximum atomic E-state index is 13.3. The first-order valence-electron chi connectivity index (χ1n) is 9.12. The Bertz CT molecular complexity index is 878. The Hall–Kier alpha value is -2.44. The van der Waals surface area contributed by atoms with E-state index in [0.717, 1.165) is 5.56 Å². The van der Waals surface area contributed by atoms with Crippen LogP contribution in [0.15, 0.2) is 59.5 Å². The zero-order chi connectivity index (χ0) is 20.1. The molecule has 0 fully saturated rings. The van der Waals surface area contributed by atoms with Crippen molar-refractivity contribution in [2.75, 3.05) is 13.2 Å². The van der Waals surface area contributed by atoms with Crippen LogP contribution in [0, 0.1) is 5.82 Å². The molecular formula is C22H22FNO3S. The number of thioether (sulfide) groups is 1. The normalized spacial score (nSPS) is 14.5. The Morgan fingerprint density at radius 3 is 2.32 bits per heavy atom. The van der Waals surface area contributed by atoms with Gasteiger partial charge in [0.2, 0.25) is 0 Å². The van der Waals surface area contributed by atoms with Crippen LogP contribution in [0.5, 0.6) is 0 Å². The molecule has 0 N–H and O–H groups in total. The third-order valence-corrected chi connectivity index (χ3v) is 5.40. The van der Waals surface area contributed by atoms with E-state index in [1.165, 1.54) is 40.9 Å². The molecule has 0 radical (unpaired) electrons. The van der Waals surface area contributed by atoms with Crippen molar-refractivity contribution in [1.29, 1.82) is 0 Å². The van der Waals surface area contributed by atoms with Crippen molar-refractivity contribution in [3.8, 4) is 0 Å². The Kier molecular flexibility index (Phi) is 6.65. The van der Waals surface area contributed by atoms with Crippen molar-refractivity contribution in [2.45, 2.75) is 25.7 Å². The molecular weight excluding hydrogens is 377 g/mol. The standard InChI is InChI=1S/C22H22FNO3S/c1-15(2)27-13-12-24-21(25)19(17-8-10-18(23)11-9-17)20(22(24)26)28-14-16-6-4-3-5-7-16/h3-11,15H,12-14H2,1-2H3. The summed E-state index contributed by atoms with van der Waals surface area (Å²) in [6.45, 7) is 4.27. The van der Waals surface area contributed by atoms with E-state index in [2.05, 4.69) is 0 Å². The number of hydrogen-bond acceptors (Lipinski definition) is 4. The lowest BCUT2D eigenvalue weighted by atomic mass is 10.1. The number of carbonyl (C=O) groups is 2. The van der Waals surface area contributed by atoms with Gasteiger partial charge in [-0.1, -0.05) is 42.5 Å². The van der Waals surface area contributed by atoms with E-state index < -0.39 is 0 Å². The summed E-state index contributed by atoms with van der Waals surface area (Å²) in [6.07, 6.45) is 0.0178. The van der Waals surface area contributed by atoms with Gasteiger partial charge in [-0.3, -0.25) is 14.5 Å². The third kappa shape index (κ3) is 4.69. The molecule has 4 nitrogen and oxygen atoms in total. The van der Waals surface area contributed by atoms with E-state index in [1.54, 1.807) is 0 Å². The lowest BCUT2D eigenvalue weighted by Gasteiger charge is -2.16. The predicted molar refractivity (Wildman–Crippen MR) is 109 cm³/mol. The van der Waals surface area contributed by atoms with Crippen LogP contribution < -0.4 is 0 Å². The lowest BCUT2D eigenvalue weighted by Crippen LogP contribution is -2.35. The van der Waals surface area contributed by atoms with E-state index in [9.17, 15) is 14.0 Å². The van der Waals surface area contributed by atoms with E-state index in [-0.39, 0.29) is 36.9 Å². The Balaban J connectivity index is 1.87. The fourth-order valence-electron chi connectivity index (χ4n) is 2.87. The second kappa shape index (κ2) is 9.17. The molecule has 0 atom stereocenters. The first kappa shape index (κ1) is 20.3. The summed E-state index contributed by atoms with van der Waals surface area (Å²) in [5, 5.41) is 0. The zero-order valence-electron chi connectivity index (χ0n) is 15.9. The van der Waals surface area contributed by atoms with Gasteiger partial charge >= 0.3 is 0 Å². The summed E-state index contributed by atoms with van der Waals surface area (Å²) in [7, 11) is 0. The second-order valence-electron chi connectivity index (χ2n) is 6.67. The Morgan fingerprint density at radius 2 is 1.68 bits per heavy atom. The minimum atomic E-state index is -0.387. The molecule has 1 aliphatic rings. The Morgan fingerprint density at radius 1 is 1.00 bits per heavy atom. The number of imide groups is 1. The van der Waals surface area contributed by atoms with Crippen LogP contribution in [0.1, 0.15) is 25.0 Å². The fourth-order valence-corrected chi connectivity index (χ4v) is 3.96. The molecule has 1 heterocycles. The van der Waals surface area contributed by atoms with Gasteiger partial charge in [0, 0.05) is 5.75 Å². The summed E-state index contributed by atoms with van der Waals surface area (Å²) >= 11 is 1.33. The smallest absolute Gasteiger partial charge is 0.268 e. The molecule has 0 aromatic heterocycles. The fraction of sp³-hybridized carbons (Fsp3) is 0.273. The lowest BCUT2D eigenvalue weighted by molar-refractivity contribution is -0.137. The van der Waals surface area contributed by atoms with Gasteiger partial charge in [-0.05, 0) is 37.1 Å². The first-order valence-corrected chi connectivity index (χ1v) is 10.1. The number of halogens is 1. The Labute approximate surface area is 168 Å². The van der Waals surface area contributed by atoms with E-state index >= 15 is 0 Å². The molecule has 0 saturated heterocycles. The highest BCUT2D eigenvalue weighted by Gasteiger charge is 2.38. The largest absolute Gasteiger partial charge is 0.377 e. The van der Waals surface area contributed by atoms with Gasteiger partial charge < -0.3 is 4.74 Å². The predicted octanol–water partition coefficient (Wildman–Crippen LogP) is 4.26. The SMILES string of the molecule is CC(C)OCCN1C(=O)C(SCc2ccccc2)=C(c2ccc(F)cc2)C1=O. The zero-order valence-corrected chi connectivity index (χ0v) is 16.7. The summed E-state index contributed by atoms with van der Waals surface area (Å²) < 4.78 is 18.8. The topological polar surface area (TPSA) is 46.6 Å². The molecule has 0 spiro atoms. The van der Waals surface area contributed by atoms with Gasteiger partial charge in [-0.2, -0.15) is 0 Å².